The quantitative estimate of drug-likeness (QED) is 0.871. The molecule has 2 N–H and O–H groups in total. The fourth-order valence-corrected chi connectivity index (χ4v) is 2.51. The SMILES string of the molecule is CCOCc1nc(N)cc(N(C)C2CCN(C)CC2)n1. The van der Waals surface area contributed by atoms with Gasteiger partial charge in [0.05, 0.1) is 0 Å². The van der Waals surface area contributed by atoms with Crippen molar-refractivity contribution in [2.24, 2.45) is 0 Å². The molecule has 0 saturated carbocycles. The minimum atomic E-state index is 0.412. The summed E-state index contributed by atoms with van der Waals surface area (Å²) < 4.78 is 5.36. The van der Waals surface area contributed by atoms with Gasteiger partial charge in [-0.15, -0.1) is 0 Å². The molecule has 0 unspecified atom stereocenters. The fraction of sp³-hybridized carbons (Fsp3) is 0.714. The van der Waals surface area contributed by atoms with Gasteiger partial charge in [0.15, 0.2) is 5.82 Å². The van der Waals surface area contributed by atoms with E-state index in [-0.39, 0.29) is 0 Å². The van der Waals surface area contributed by atoms with Crippen molar-refractivity contribution in [2.75, 3.05) is 44.4 Å². The first-order valence-corrected chi connectivity index (χ1v) is 7.22. The Labute approximate surface area is 120 Å². The van der Waals surface area contributed by atoms with Crippen molar-refractivity contribution < 1.29 is 4.74 Å². The molecule has 1 fully saturated rings. The Morgan fingerprint density at radius 1 is 1.40 bits per heavy atom. The molecular weight excluding hydrogens is 254 g/mol. The van der Waals surface area contributed by atoms with Gasteiger partial charge in [-0.25, -0.2) is 9.97 Å². The number of nitrogen functional groups attached to an aromatic ring is 1. The van der Waals surface area contributed by atoms with Crippen LogP contribution in [0.4, 0.5) is 11.6 Å². The number of hydrogen-bond donors (Lipinski definition) is 1. The molecule has 2 rings (SSSR count). The van der Waals surface area contributed by atoms with Gasteiger partial charge in [0.25, 0.3) is 0 Å². The molecule has 1 aromatic rings. The van der Waals surface area contributed by atoms with Crippen LogP contribution in [-0.2, 0) is 11.3 Å². The number of piperidine rings is 1. The molecule has 0 aromatic carbocycles. The van der Waals surface area contributed by atoms with E-state index in [9.17, 15) is 0 Å². The summed E-state index contributed by atoms with van der Waals surface area (Å²) in [5, 5.41) is 0. The largest absolute Gasteiger partial charge is 0.384 e. The molecule has 1 saturated heterocycles. The van der Waals surface area contributed by atoms with Gasteiger partial charge in [-0.05, 0) is 39.9 Å². The van der Waals surface area contributed by atoms with Gasteiger partial charge in [-0.3, -0.25) is 0 Å². The standard InChI is InChI=1S/C14H25N5O/c1-4-20-10-13-16-12(15)9-14(17-13)19(3)11-5-7-18(2)8-6-11/h9,11H,4-8,10H2,1-3H3,(H2,15,16,17). The lowest BCUT2D eigenvalue weighted by Gasteiger charge is -2.35. The number of likely N-dealkylation sites (tertiary alicyclic amines) is 1. The molecule has 2 heterocycles. The Kier molecular flexibility index (Phi) is 5.14. The monoisotopic (exact) mass is 279 g/mol. The third-order valence-electron chi connectivity index (χ3n) is 3.81. The Morgan fingerprint density at radius 2 is 2.10 bits per heavy atom. The third-order valence-corrected chi connectivity index (χ3v) is 3.81. The zero-order valence-electron chi connectivity index (χ0n) is 12.7. The molecule has 1 aromatic heterocycles. The number of hydrogen-bond acceptors (Lipinski definition) is 6. The lowest BCUT2D eigenvalue weighted by Crippen LogP contribution is -2.42. The van der Waals surface area contributed by atoms with Crippen LogP contribution in [0.1, 0.15) is 25.6 Å². The van der Waals surface area contributed by atoms with Crippen LogP contribution in [0.3, 0.4) is 0 Å². The van der Waals surface area contributed by atoms with Crippen molar-refractivity contribution in [1.82, 2.24) is 14.9 Å². The summed E-state index contributed by atoms with van der Waals surface area (Å²) in [6, 6.07) is 2.36. The number of nitrogens with zero attached hydrogens (tertiary/aromatic N) is 4. The summed E-state index contributed by atoms with van der Waals surface area (Å²) in [6.45, 7) is 5.27. The van der Waals surface area contributed by atoms with Gasteiger partial charge in [-0.2, -0.15) is 0 Å². The van der Waals surface area contributed by atoms with Crippen LogP contribution in [0.5, 0.6) is 0 Å². The zero-order valence-corrected chi connectivity index (χ0v) is 12.7. The molecule has 20 heavy (non-hydrogen) atoms. The number of aromatic nitrogens is 2. The lowest BCUT2D eigenvalue weighted by atomic mass is 10.0. The number of anilines is 2. The zero-order chi connectivity index (χ0) is 14.5. The molecule has 0 amide bonds. The minimum absolute atomic E-state index is 0.412. The summed E-state index contributed by atoms with van der Waals surface area (Å²) in [6.07, 6.45) is 2.30. The minimum Gasteiger partial charge on any atom is -0.384 e. The molecular formula is C14H25N5O. The molecule has 0 aliphatic carbocycles. The first kappa shape index (κ1) is 15.0. The Hall–Kier alpha value is -1.40. The Bertz CT molecular complexity index is 432. The van der Waals surface area contributed by atoms with Crippen LogP contribution in [0.2, 0.25) is 0 Å². The van der Waals surface area contributed by atoms with Gasteiger partial charge < -0.3 is 20.3 Å². The Morgan fingerprint density at radius 3 is 2.75 bits per heavy atom. The third kappa shape index (κ3) is 3.80. The smallest absolute Gasteiger partial charge is 0.158 e. The molecule has 6 nitrogen and oxygen atoms in total. The fourth-order valence-electron chi connectivity index (χ4n) is 2.51. The summed E-state index contributed by atoms with van der Waals surface area (Å²) in [5.41, 5.74) is 5.88. The molecule has 0 spiro atoms. The van der Waals surface area contributed by atoms with Crippen LogP contribution in [-0.4, -0.2) is 54.7 Å². The maximum absolute atomic E-state index is 5.88. The molecule has 0 radical (unpaired) electrons. The molecule has 0 bridgehead atoms. The lowest BCUT2D eigenvalue weighted by molar-refractivity contribution is 0.128. The van der Waals surface area contributed by atoms with E-state index in [1.54, 1.807) is 0 Å². The second-order valence-electron chi connectivity index (χ2n) is 5.35. The van der Waals surface area contributed by atoms with Crippen LogP contribution < -0.4 is 10.6 Å². The van der Waals surface area contributed by atoms with Gasteiger partial charge >= 0.3 is 0 Å². The molecule has 112 valence electrons. The molecule has 6 heteroatoms. The van der Waals surface area contributed by atoms with Gasteiger partial charge in [0.1, 0.15) is 18.2 Å². The maximum Gasteiger partial charge on any atom is 0.158 e. The second kappa shape index (κ2) is 6.85. The van der Waals surface area contributed by atoms with E-state index in [4.69, 9.17) is 10.5 Å². The highest BCUT2D eigenvalue weighted by molar-refractivity contribution is 5.47. The normalized spacial score (nSPS) is 17.4. The number of nitrogens with two attached hydrogens (primary N) is 1. The van der Waals surface area contributed by atoms with Crippen LogP contribution in [0.15, 0.2) is 6.07 Å². The maximum atomic E-state index is 5.88. The molecule has 1 aliphatic heterocycles. The van der Waals surface area contributed by atoms with E-state index < -0.39 is 0 Å². The first-order valence-electron chi connectivity index (χ1n) is 7.22. The van der Waals surface area contributed by atoms with E-state index in [0.29, 0.717) is 30.9 Å². The Balaban J connectivity index is 2.08. The predicted molar refractivity (Wildman–Crippen MR) is 80.7 cm³/mol. The predicted octanol–water partition coefficient (Wildman–Crippen LogP) is 1.13. The van der Waals surface area contributed by atoms with Gasteiger partial charge in [0.2, 0.25) is 0 Å². The highest BCUT2D eigenvalue weighted by atomic mass is 16.5. The van der Waals surface area contributed by atoms with Crippen LogP contribution >= 0.6 is 0 Å². The van der Waals surface area contributed by atoms with Crippen LogP contribution in [0, 0.1) is 0 Å². The summed E-state index contributed by atoms with van der Waals surface area (Å²) in [7, 11) is 4.25. The van der Waals surface area contributed by atoms with Gasteiger partial charge in [-0.1, -0.05) is 0 Å². The van der Waals surface area contributed by atoms with Gasteiger partial charge in [0, 0.05) is 25.8 Å². The molecule has 1 aliphatic rings. The number of rotatable bonds is 5. The average Bonchev–Trinajstić information content (AvgIpc) is 2.44. The number of ether oxygens (including phenoxy) is 1. The summed E-state index contributed by atoms with van der Waals surface area (Å²) in [4.78, 5) is 13.4. The van der Waals surface area contributed by atoms with Crippen molar-refractivity contribution in [2.45, 2.75) is 32.4 Å². The first-order chi connectivity index (χ1) is 9.60. The van der Waals surface area contributed by atoms with E-state index in [1.807, 2.05) is 13.0 Å². The van der Waals surface area contributed by atoms with Crippen molar-refractivity contribution >= 4 is 11.6 Å². The highest BCUT2D eigenvalue weighted by Gasteiger charge is 2.22. The van der Waals surface area contributed by atoms with E-state index in [1.165, 1.54) is 0 Å². The molecule has 0 atom stereocenters. The summed E-state index contributed by atoms with van der Waals surface area (Å²) >= 11 is 0. The van der Waals surface area contributed by atoms with E-state index >= 15 is 0 Å². The average molecular weight is 279 g/mol. The van der Waals surface area contributed by atoms with E-state index in [2.05, 4.69) is 33.9 Å². The van der Waals surface area contributed by atoms with Crippen LogP contribution in [0.25, 0.3) is 0 Å². The van der Waals surface area contributed by atoms with Crippen molar-refractivity contribution in [3.8, 4) is 0 Å². The van der Waals surface area contributed by atoms with E-state index in [0.717, 1.165) is 31.7 Å². The topological polar surface area (TPSA) is 67.5 Å². The van der Waals surface area contributed by atoms with Crippen molar-refractivity contribution in [1.29, 1.82) is 0 Å². The van der Waals surface area contributed by atoms with Crippen molar-refractivity contribution in [3.63, 3.8) is 0 Å². The second-order valence-corrected chi connectivity index (χ2v) is 5.35. The van der Waals surface area contributed by atoms with Crippen molar-refractivity contribution in [3.05, 3.63) is 11.9 Å². The summed E-state index contributed by atoms with van der Waals surface area (Å²) in [5.74, 6) is 2.05. The highest BCUT2D eigenvalue weighted by Crippen LogP contribution is 2.21.